The average molecular weight is 250 g/mol. The summed E-state index contributed by atoms with van der Waals surface area (Å²) in [6.45, 7) is 5.95. The van der Waals surface area contributed by atoms with Gasteiger partial charge in [-0.25, -0.2) is 0 Å². The molecule has 0 saturated carbocycles. The lowest BCUT2D eigenvalue weighted by atomic mass is 9.92. The largest absolute Gasteiger partial charge is 0.508 e. The minimum absolute atomic E-state index is 0.192. The number of allylic oxidation sites excluding steroid dienone is 1. The normalized spacial score (nSPS) is 13.5. The maximum atomic E-state index is 9.56. The Morgan fingerprint density at radius 3 is 2.63 bits per heavy atom. The SMILES string of the molecule is C=C1C=C(c2ccccc2C)c2ccc(O)cc2O1. The number of rotatable bonds is 1. The molecule has 0 spiro atoms. The summed E-state index contributed by atoms with van der Waals surface area (Å²) >= 11 is 0. The Bertz CT molecular complexity index is 696. The first-order chi connectivity index (χ1) is 9.15. The molecule has 1 heterocycles. The van der Waals surface area contributed by atoms with Crippen LogP contribution in [0.25, 0.3) is 5.57 Å². The van der Waals surface area contributed by atoms with Crippen LogP contribution in [0.1, 0.15) is 16.7 Å². The Hall–Kier alpha value is -2.48. The quantitative estimate of drug-likeness (QED) is 0.827. The van der Waals surface area contributed by atoms with Gasteiger partial charge in [-0.15, -0.1) is 0 Å². The number of hydrogen-bond donors (Lipinski definition) is 1. The number of phenols is 1. The number of aryl methyl sites for hydroxylation is 1. The number of fused-ring (bicyclic) bond motifs is 1. The van der Waals surface area contributed by atoms with Gasteiger partial charge in [0, 0.05) is 11.6 Å². The van der Waals surface area contributed by atoms with E-state index in [0.29, 0.717) is 11.5 Å². The number of phenolic OH excluding ortho intramolecular Hbond substituents is 1. The second-order valence-electron chi connectivity index (χ2n) is 4.62. The lowest BCUT2D eigenvalue weighted by Gasteiger charge is -2.21. The van der Waals surface area contributed by atoms with Crippen molar-refractivity contribution in [2.45, 2.75) is 6.92 Å². The number of hydrogen-bond acceptors (Lipinski definition) is 2. The predicted molar refractivity (Wildman–Crippen MR) is 76.1 cm³/mol. The summed E-state index contributed by atoms with van der Waals surface area (Å²) in [7, 11) is 0. The van der Waals surface area contributed by atoms with Crippen molar-refractivity contribution in [3.05, 3.63) is 77.6 Å². The van der Waals surface area contributed by atoms with Crippen molar-refractivity contribution < 1.29 is 9.84 Å². The highest BCUT2D eigenvalue weighted by atomic mass is 16.5. The van der Waals surface area contributed by atoms with E-state index in [1.807, 2.05) is 24.3 Å². The van der Waals surface area contributed by atoms with E-state index in [0.717, 1.165) is 16.7 Å². The summed E-state index contributed by atoms with van der Waals surface area (Å²) < 4.78 is 5.57. The van der Waals surface area contributed by atoms with Crippen LogP contribution in [0.3, 0.4) is 0 Å². The number of ether oxygens (including phenoxy) is 1. The molecule has 3 rings (SSSR count). The van der Waals surface area contributed by atoms with Crippen LogP contribution in [-0.2, 0) is 0 Å². The van der Waals surface area contributed by atoms with Crippen molar-refractivity contribution in [3.8, 4) is 11.5 Å². The van der Waals surface area contributed by atoms with Crippen molar-refractivity contribution in [2.75, 3.05) is 0 Å². The molecule has 0 saturated heterocycles. The summed E-state index contributed by atoms with van der Waals surface area (Å²) in [4.78, 5) is 0. The molecule has 0 aliphatic carbocycles. The third-order valence-corrected chi connectivity index (χ3v) is 3.24. The van der Waals surface area contributed by atoms with E-state index < -0.39 is 0 Å². The van der Waals surface area contributed by atoms with Crippen molar-refractivity contribution in [3.63, 3.8) is 0 Å². The standard InChI is InChI=1S/C17H14O2/c1-11-5-3-4-6-14(11)16-9-12(2)19-17-10-13(18)7-8-15(16)17/h3-10,18H,2H2,1H3. The third-order valence-electron chi connectivity index (χ3n) is 3.24. The molecular weight excluding hydrogens is 236 g/mol. The van der Waals surface area contributed by atoms with Gasteiger partial charge in [0.05, 0.1) is 0 Å². The molecule has 0 fully saturated rings. The second-order valence-corrected chi connectivity index (χ2v) is 4.62. The summed E-state index contributed by atoms with van der Waals surface area (Å²) in [6.07, 6.45) is 1.93. The topological polar surface area (TPSA) is 29.5 Å². The van der Waals surface area contributed by atoms with E-state index >= 15 is 0 Å². The fourth-order valence-corrected chi connectivity index (χ4v) is 2.33. The zero-order chi connectivity index (χ0) is 13.4. The fourth-order valence-electron chi connectivity index (χ4n) is 2.33. The molecule has 0 bridgehead atoms. The monoisotopic (exact) mass is 250 g/mol. The summed E-state index contributed by atoms with van der Waals surface area (Å²) in [6, 6.07) is 13.3. The van der Waals surface area contributed by atoms with Crippen molar-refractivity contribution >= 4 is 5.57 Å². The van der Waals surface area contributed by atoms with Crippen LogP contribution in [0, 0.1) is 6.92 Å². The number of aromatic hydroxyl groups is 1. The van der Waals surface area contributed by atoms with E-state index in [1.165, 1.54) is 5.56 Å². The van der Waals surface area contributed by atoms with E-state index in [2.05, 4.69) is 25.6 Å². The molecule has 0 aromatic heterocycles. The lowest BCUT2D eigenvalue weighted by molar-refractivity contribution is 0.430. The van der Waals surface area contributed by atoms with Crippen LogP contribution < -0.4 is 4.74 Å². The smallest absolute Gasteiger partial charge is 0.138 e. The van der Waals surface area contributed by atoms with Gasteiger partial charge in [-0.2, -0.15) is 0 Å². The van der Waals surface area contributed by atoms with Crippen molar-refractivity contribution in [1.29, 1.82) is 0 Å². The second kappa shape index (κ2) is 4.32. The van der Waals surface area contributed by atoms with Gasteiger partial charge in [0.25, 0.3) is 0 Å². The molecule has 1 aliphatic heterocycles. The Morgan fingerprint density at radius 1 is 1.05 bits per heavy atom. The highest BCUT2D eigenvalue weighted by Crippen LogP contribution is 2.39. The fraction of sp³-hybridized carbons (Fsp3) is 0.0588. The Kier molecular flexibility index (Phi) is 2.64. The zero-order valence-corrected chi connectivity index (χ0v) is 10.7. The van der Waals surface area contributed by atoms with E-state index in [1.54, 1.807) is 12.1 Å². The van der Waals surface area contributed by atoms with Crippen LogP contribution in [0.4, 0.5) is 0 Å². The Balaban J connectivity index is 2.22. The Morgan fingerprint density at radius 2 is 1.84 bits per heavy atom. The van der Waals surface area contributed by atoms with Crippen LogP contribution >= 0.6 is 0 Å². The molecule has 19 heavy (non-hydrogen) atoms. The minimum atomic E-state index is 0.192. The van der Waals surface area contributed by atoms with Gasteiger partial charge in [-0.05, 0) is 41.8 Å². The Labute approximate surface area is 112 Å². The molecule has 94 valence electrons. The highest BCUT2D eigenvalue weighted by molar-refractivity contribution is 5.87. The van der Waals surface area contributed by atoms with Gasteiger partial charge in [-0.1, -0.05) is 30.8 Å². The van der Waals surface area contributed by atoms with Gasteiger partial charge in [-0.3, -0.25) is 0 Å². The number of benzene rings is 2. The summed E-state index contributed by atoms with van der Waals surface area (Å²) in [5, 5.41) is 9.56. The van der Waals surface area contributed by atoms with Gasteiger partial charge >= 0.3 is 0 Å². The van der Waals surface area contributed by atoms with Gasteiger partial charge in [0.1, 0.15) is 17.3 Å². The summed E-state index contributed by atoms with van der Waals surface area (Å²) in [5.74, 6) is 1.42. The first-order valence-electron chi connectivity index (χ1n) is 6.13. The minimum Gasteiger partial charge on any atom is -0.508 e. The lowest BCUT2D eigenvalue weighted by Crippen LogP contribution is -2.04. The van der Waals surface area contributed by atoms with E-state index in [-0.39, 0.29) is 5.75 Å². The molecule has 0 amide bonds. The van der Waals surface area contributed by atoms with Crippen molar-refractivity contribution in [1.82, 2.24) is 0 Å². The van der Waals surface area contributed by atoms with Gasteiger partial charge in [0.15, 0.2) is 0 Å². The molecule has 2 aromatic carbocycles. The highest BCUT2D eigenvalue weighted by Gasteiger charge is 2.18. The maximum Gasteiger partial charge on any atom is 0.138 e. The predicted octanol–water partition coefficient (Wildman–Crippen LogP) is 4.04. The van der Waals surface area contributed by atoms with Crippen LogP contribution in [0.15, 0.2) is 60.9 Å². The molecule has 2 nitrogen and oxygen atoms in total. The first-order valence-corrected chi connectivity index (χ1v) is 6.13. The average Bonchev–Trinajstić information content (AvgIpc) is 2.38. The molecule has 0 unspecified atom stereocenters. The maximum absolute atomic E-state index is 9.56. The molecule has 0 atom stereocenters. The van der Waals surface area contributed by atoms with Crippen LogP contribution in [0.2, 0.25) is 0 Å². The molecular formula is C17H14O2. The molecule has 1 N–H and O–H groups in total. The van der Waals surface area contributed by atoms with Crippen LogP contribution in [-0.4, -0.2) is 5.11 Å². The van der Waals surface area contributed by atoms with Gasteiger partial charge < -0.3 is 9.84 Å². The van der Waals surface area contributed by atoms with Crippen LogP contribution in [0.5, 0.6) is 11.5 Å². The first kappa shape index (κ1) is 11.6. The summed E-state index contributed by atoms with van der Waals surface area (Å²) in [5.41, 5.74) is 4.39. The van der Waals surface area contributed by atoms with E-state index in [4.69, 9.17) is 4.74 Å². The molecule has 2 aromatic rings. The van der Waals surface area contributed by atoms with E-state index in [9.17, 15) is 5.11 Å². The van der Waals surface area contributed by atoms with Crippen molar-refractivity contribution in [2.24, 2.45) is 0 Å². The van der Waals surface area contributed by atoms with Gasteiger partial charge in [0.2, 0.25) is 0 Å². The third kappa shape index (κ3) is 2.02. The zero-order valence-electron chi connectivity index (χ0n) is 10.7. The molecule has 1 aliphatic rings. The molecule has 0 radical (unpaired) electrons. The molecule has 2 heteroatoms.